The molecular weight excluding hydrogens is 544 g/mol. The third-order valence-electron chi connectivity index (χ3n) is 5.45. The molecule has 4 rings (SSSR count). The number of rotatable bonds is 6. The predicted molar refractivity (Wildman–Crippen MR) is 141 cm³/mol. The van der Waals surface area contributed by atoms with E-state index in [9.17, 15) is 4.79 Å². The van der Waals surface area contributed by atoms with Crippen molar-refractivity contribution >= 4 is 42.8 Å². The van der Waals surface area contributed by atoms with Crippen LogP contribution in [0.4, 0.5) is 0 Å². The minimum Gasteiger partial charge on any atom is -0.481 e. The summed E-state index contributed by atoms with van der Waals surface area (Å²) in [6.07, 6.45) is 5.36. The molecule has 0 bridgehead atoms. The number of nitrogens with zero attached hydrogens (tertiary/aromatic N) is 2. The molecule has 0 aliphatic heterocycles. The Hall–Kier alpha value is -2.88. The lowest BCUT2D eigenvalue weighted by Crippen LogP contribution is -2.24. The fraction of sp³-hybridized carbons (Fsp3) is 0.185. The predicted octanol–water partition coefficient (Wildman–Crippen LogP) is 6.77. The summed E-state index contributed by atoms with van der Waals surface area (Å²) >= 11 is 7.03. The average molecular weight is 566 g/mol. The summed E-state index contributed by atoms with van der Waals surface area (Å²) in [5.41, 5.74) is 4.21. The maximum Gasteiger partial charge on any atom is 0.348 e. The quantitative estimate of drug-likeness (QED) is 0.242. The van der Waals surface area contributed by atoms with Crippen molar-refractivity contribution in [1.82, 2.24) is 9.55 Å². The van der Waals surface area contributed by atoms with Gasteiger partial charge in [0.05, 0.1) is 17.8 Å². The number of halogens is 2. The highest BCUT2D eigenvalue weighted by Crippen LogP contribution is 2.31. The largest absolute Gasteiger partial charge is 0.481 e. The fourth-order valence-corrected chi connectivity index (χ4v) is 4.37. The summed E-state index contributed by atoms with van der Waals surface area (Å²) in [6.45, 7) is 4.87. The number of hydrogen-bond acceptors (Lipinski definition) is 3. The first-order valence-corrected chi connectivity index (χ1v) is 12.1. The van der Waals surface area contributed by atoms with Gasteiger partial charge in [0.15, 0.2) is 0 Å². The van der Waals surface area contributed by atoms with Gasteiger partial charge < -0.3 is 4.74 Å². The van der Waals surface area contributed by atoms with Crippen molar-refractivity contribution in [1.29, 1.82) is 0 Å². The third-order valence-corrected chi connectivity index (χ3v) is 7.33. The van der Waals surface area contributed by atoms with Crippen LogP contribution < -0.4 is 10.4 Å². The first kappa shape index (κ1) is 23.3. The smallest absolute Gasteiger partial charge is 0.348 e. The van der Waals surface area contributed by atoms with E-state index in [-0.39, 0.29) is 12.3 Å². The molecule has 4 nitrogen and oxygen atoms in total. The van der Waals surface area contributed by atoms with Crippen LogP contribution >= 0.6 is 31.9 Å². The van der Waals surface area contributed by atoms with E-state index in [2.05, 4.69) is 68.7 Å². The first-order valence-electron chi connectivity index (χ1n) is 10.5. The molecule has 3 aromatic carbocycles. The van der Waals surface area contributed by atoms with Crippen molar-refractivity contribution in [3.63, 3.8) is 0 Å². The lowest BCUT2D eigenvalue weighted by molar-refractivity contribution is 0.371. The van der Waals surface area contributed by atoms with Crippen molar-refractivity contribution in [3.8, 4) is 29.4 Å². The van der Waals surface area contributed by atoms with Gasteiger partial charge in [0.1, 0.15) is 12.4 Å². The Bertz CT molecular complexity index is 1420. The zero-order valence-corrected chi connectivity index (χ0v) is 21.5. The molecule has 0 radical (unpaired) electrons. The highest BCUT2D eigenvalue weighted by Gasteiger charge is 2.15. The Balaban J connectivity index is 1.89. The Morgan fingerprint density at radius 3 is 2.45 bits per heavy atom. The molecule has 6 heteroatoms. The van der Waals surface area contributed by atoms with Crippen LogP contribution in [-0.2, 0) is 6.54 Å². The highest BCUT2D eigenvalue weighted by molar-refractivity contribution is 9.13. The minimum absolute atomic E-state index is 0.171. The van der Waals surface area contributed by atoms with Crippen molar-refractivity contribution in [2.45, 2.75) is 26.3 Å². The fourth-order valence-electron chi connectivity index (χ4n) is 3.69. The summed E-state index contributed by atoms with van der Waals surface area (Å²) < 4.78 is 9.23. The molecule has 0 fully saturated rings. The second-order valence-corrected chi connectivity index (χ2v) is 9.73. The number of ether oxygens (including phenoxy) is 1. The van der Waals surface area contributed by atoms with Gasteiger partial charge in [0.25, 0.3) is 0 Å². The van der Waals surface area contributed by atoms with Gasteiger partial charge in [0, 0.05) is 19.9 Å². The number of benzene rings is 3. The molecule has 0 unspecified atom stereocenters. The summed E-state index contributed by atoms with van der Waals surface area (Å²) in [7, 11) is 0. The van der Waals surface area contributed by atoms with Crippen LogP contribution in [-0.4, -0.2) is 16.2 Å². The second-order valence-electron chi connectivity index (χ2n) is 8.03. The van der Waals surface area contributed by atoms with E-state index in [1.165, 1.54) is 5.56 Å². The number of aromatic nitrogens is 2. The van der Waals surface area contributed by atoms with E-state index in [1.54, 1.807) is 4.57 Å². The lowest BCUT2D eigenvalue weighted by Gasteiger charge is -2.15. The molecule has 0 aliphatic carbocycles. The lowest BCUT2D eigenvalue weighted by atomic mass is 9.99. The van der Waals surface area contributed by atoms with Gasteiger partial charge in [-0.15, -0.1) is 6.42 Å². The molecule has 0 spiro atoms. The van der Waals surface area contributed by atoms with Gasteiger partial charge in [-0.2, -0.15) is 4.98 Å². The summed E-state index contributed by atoms with van der Waals surface area (Å²) in [5.74, 6) is 3.55. The average Bonchev–Trinajstić information content (AvgIpc) is 2.81. The maximum absolute atomic E-state index is 13.2. The third kappa shape index (κ3) is 5.05. The van der Waals surface area contributed by atoms with E-state index in [4.69, 9.17) is 11.2 Å². The number of terminal acetylenes is 1. The van der Waals surface area contributed by atoms with Crippen LogP contribution in [0.15, 0.2) is 74.4 Å². The molecule has 1 heterocycles. The van der Waals surface area contributed by atoms with Crippen molar-refractivity contribution < 1.29 is 4.74 Å². The van der Waals surface area contributed by atoms with Gasteiger partial charge in [-0.05, 0) is 79.2 Å². The van der Waals surface area contributed by atoms with Gasteiger partial charge in [-0.1, -0.05) is 50.1 Å². The molecule has 0 aliphatic rings. The van der Waals surface area contributed by atoms with Crippen LogP contribution in [0, 0.1) is 12.3 Å². The van der Waals surface area contributed by atoms with Crippen LogP contribution in [0.25, 0.3) is 22.2 Å². The van der Waals surface area contributed by atoms with Crippen molar-refractivity contribution in [2.75, 3.05) is 6.61 Å². The maximum atomic E-state index is 13.2. The Morgan fingerprint density at radius 1 is 1.03 bits per heavy atom. The summed E-state index contributed by atoms with van der Waals surface area (Å²) in [6, 6.07) is 19.7. The number of fused-ring (bicyclic) bond motifs is 1. The standard InChI is InChI=1S/C27H22Br2N2O2/c1-4-13-33-21-10-12-25-22(15-21)26(20-8-6-19(7-9-20)17(2)3)30-27(32)31(25)16-18-5-11-23(28)24(29)14-18/h1,5-12,14-15,17H,13,16H2,2-3H3. The van der Waals surface area contributed by atoms with Gasteiger partial charge in [0.2, 0.25) is 0 Å². The van der Waals surface area contributed by atoms with Crippen LogP contribution in [0.5, 0.6) is 5.75 Å². The molecule has 166 valence electrons. The number of hydrogen-bond donors (Lipinski definition) is 0. The van der Waals surface area contributed by atoms with Gasteiger partial charge >= 0.3 is 5.69 Å². The van der Waals surface area contributed by atoms with E-state index < -0.39 is 0 Å². The Labute approximate surface area is 209 Å². The summed E-state index contributed by atoms with van der Waals surface area (Å²) in [5, 5.41) is 0.831. The monoisotopic (exact) mass is 564 g/mol. The topological polar surface area (TPSA) is 44.1 Å². The molecule has 0 saturated heterocycles. The Kier molecular flexibility index (Phi) is 7.02. The zero-order chi connectivity index (χ0) is 23.5. The molecule has 0 N–H and O–H groups in total. The van der Waals surface area contributed by atoms with Crippen molar-refractivity contribution in [3.05, 3.63) is 91.2 Å². The molecule has 0 atom stereocenters. The highest BCUT2D eigenvalue weighted by atomic mass is 79.9. The van der Waals surface area contributed by atoms with E-state index in [0.29, 0.717) is 23.9 Å². The second kappa shape index (κ2) is 9.94. The van der Waals surface area contributed by atoms with Gasteiger partial charge in [-0.25, -0.2) is 4.79 Å². The SMILES string of the molecule is C#CCOc1ccc2c(c1)c(-c1ccc(C(C)C)cc1)nc(=O)n2Cc1ccc(Br)c(Br)c1. The van der Waals surface area contributed by atoms with Gasteiger partial charge in [-0.3, -0.25) is 4.57 Å². The first-order chi connectivity index (χ1) is 15.9. The molecular formula is C27H22Br2N2O2. The minimum atomic E-state index is -0.304. The zero-order valence-electron chi connectivity index (χ0n) is 18.3. The van der Waals surface area contributed by atoms with E-state index in [0.717, 1.165) is 31.0 Å². The molecule has 1 aromatic heterocycles. The van der Waals surface area contributed by atoms with E-state index in [1.807, 2.05) is 48.5 Å². The summed E-state index contributed by atoms with van der Waals surface area (Å²) in [4.78, 5) is 17.7. The van der Waals surface area contributed by atoms with Crippen LogP contribution in [0.1, 0.15) is 30.9 Å². The molecule has 0 amide bonds. The van der Waals surface area contributed by atoms with Crippen LogP contribution in [0.2, 0.25) is 0 Å². The van der Waals surface area contributed by atoms with Crippen LogP contribution in [0.3, 0.4) is 0 Å². The van der Waals surface area contributed by atoms with E-state index >= 15 is 0 Å². The van der Waals surface area contributed by atoms with Crippen molar-refractivity contribution in [2.24, 2.45) is 0 Å². The molecule has 4 aromatic rings. The Morgan fingerprint density at radius 2 is 1.79 bits per heavy atom. The molecule has 33 heavy (non-hydrogen) atoms. The normalized spacial score (nSPS) is 11.0. The molecule has 0 saturated carbocycles.